The summed E-state index contributed by atoms with van der Waals surface area (Å²) in [6.07, 6.45) is 2.02. The molecule has 0 aromatic heterocycles. The Balaban J connectivity index is 1.61. The Morgan fingerprint density at radius 2 is 1.96 bits per heavy atom. The van der Waals surface area contributed by atoms with E-state index in [0.29, 0.717) is 12.1 Å². The summed E-state index contributed by atoms with van der Waals surface area (Å²) in [6.45, 7) is 2.77. The molecule has 0 radical (unpaired) electrons. The Kier molecular flexibility index (Phi) is 6.93. The lowest BCUT2D eigenvalue weighted by atomic mass is 10.1. The van der Waals surface area contributed by atoms with Crippen LogP contribution in [0.25, 0.3) is 0 Å². The molecule has 130 valence electrons. The van der Waals surface area contributed by atoms with E-state index in [9.17, 15) is 14.4 Å². The van der Waals surface area contributed by atoms with Crippen LogP contribution in [-0.2, 0) is 19.1 Å². The van der Waals surface area contributed by atoms with E-state index in [0.717, 1.165) is 25.0 Å². The van der Waals surface area contributed by atoms with Crippen LogP contribution in [0.1, 0.15) is 41.6 Å². The van der Waals surface area contributed by atoms with Crippen molar-refractivity contribution in [3.8, 4) is 0 Å². The van der Waals surface area contributed by atoms with Crippen molar-refractivity contribution in [2.24, 2.45) is 0 Å². The molecule has 0 aliphatic carbocycles. The fourth-order valence-electron chi connectivity index (χ4n) is 2.40. The highest BCUT2D eigenvalue weighted by molar-refractivity contribution is 5.97. The number of aryl methyl sites for hydroxylation is 1. The van der Waals surface area contributed by atoms with E-state index in [1.54, 1.807) is 12.1 Å². The summed E-state index contributed by atoms with van der Waals surface area (Å²) < 4.78 is 10.3. The Hall–Kier alpha value is -2.21. The average molecular weight is 333 g/mol. The first-order valence-corrected chi connectivity index (χ1v) is 8.18. The molecule has 1 N–H and O–H groups in total. The molecule has 0 saturated carbocycles. The molecule has 1 amide bonds. The largest absolute Gasteiger partial charge is 0.456 e. The van der Waals surface area contributed by atoms with Crippen LogP contribution in [0.15, 0.2) is 24.3 Å². The van der Waals surface area contributed by atoms with Crippen LogP contribution in [0.3, 0.4) is 0 Å². The second-order valence-electron chi connectivity index (χ2n) is 5.89. The van der Waals surface area contributed by atoms with Crippen molar-refractivity contribution < 1.29 is 23.9 Å². The number of Topliss-reactive ketones (excluding diaryl/α,β-unsaturated/α-hetero) is 1. The molecule has 1 fully saturated rings. The minimum atomic E-state index is -0.553. The van der Waals surface area contributed by atoms with Crippen LogP contribution < -0.4 is 5.32 Å². The molecule has 1 unspecified atom stereocenters. The van der Waals surface area contributed by atoms with Gasteiger partial charge in [-0.15, -0.1) is 0 Å². The van der Waals surface area contributed by atoms with Crippen LogP contribution in [-0.4, -0.2) is 43.5 Å². The number of ketones is 1. The van der Waals surface area contributed by atoms with Gasteiger partial charge in [-0.3, -0.25) is 14.4 Å². The quantitative estimate of drug-likeness (QED) is 0.579. The fraction of sp³-hybridized carbons (Fsp3) is 0.500. The van der Waals surface area contributed by atoms with Crippen molar-refractivity contribution in [3.05, 3.63) is 35.4 Å². The fourth-order valence-corrected chi connectivity index (χ4v) is 2.40. The third-order valence-electron chi connectivity index (χ3n) is 3.84. The van der Waals surface area contributed by atoms with Crippen LogP contribution >= 0.6 is 0 Å². The Morgan fingerprint density at radius 1 is 1.21 bits per heavy atom. The van der Waals surface area contributed by atoms with Gasteiger partial charge in [-0.1, -0.05) is 29.8 Å². The van der Waals surface area contributed by atoms with E-state index in [1.165, 1.54) is 0 Å². The third-order valence-corrected chi connectivity index (χ3v) is 3.84. The summed E-state index contributed by atoms with van der Waals surface area (Å²) in [7, 11) is 0. The molecule has 2 rings (SSSR count). The first-order valence-electron chi connectivity index (χ1n) is 8.18. The highest BCUT2D eigenvalue weighted by Crippen LogP contribution is 2.10. The summed E-state index contributed by atoms with van der Waals surface area (Å²) >= 11 is 0. The van der Waals surface area contributed by atoms with Crippen molar-refractivity contribution >= 4 is 17.7 Å². The van der Waals surface area contributed by atoms with E-state index in [-0.39, 0.29) is 37.2 Å². The second kappa shape index (κ2) is 9.17. The highest BCUT2D eigenvalue weighted by Gasteiger charge is 2.17. The zero-order valence-electron chi connectivity index (χ0n) is 13.9. The van der Waals surface area contributed by atoms with Crippen molar-refractivity contribution in [3.63, 3.8) is 0 Å². The van der Waals surface area contributed by atoms with Gasteiger partial charge in [-0.05, 0) is 19.8 Å². The number of hydrogen-bond donors (Lipinski definition) is 1. The van der Waals surface area contributed by atoms with Gasteiger partial charge in [0.25, 0.3) is 5.91 Å². The molecule has 1 aromatic carbocycles. The molecule has 0 bridgehead atoms. The monoisotopic (exact) mass is 333 g/mol. The SMILES string of the molecule is Cc1ccc(C(=O)CCC(=O)OCC(=O)NCC2CCCO2)cc1. The molecule has 24 heavy (non-hydrogen) atoms. The summed E-state index contributed by atoms with van der Waals surface area (Å²) in [5.41, 5.74) is 1.64. The van der Waals surface area contributed by atoms with E-state index in [1.807, 2.05) is 19.1 Å². The molecule has 1 aliphatic heterocycles. The zero-order valence-corrected chi connectivity index (χ0v) is 13.9. The molecule has 1 heterocycles. The van der Waals surface area contributed by atoms with E-state index < -0.39 is 5.97 Å². The molecule has 6 nitrogen and oxygen atoms in total. The van der Waals surface area contributed by atoms with E-state index in [4.69, 9.17) is 9.47 Å². The van der Waals surface area contributed by atoms with E-state index >= 15 is 0 Å². The number of benzene rings is 1. The van der Waals surface area contributed by atoms with Gasteiger partial charge in [0, 0.05) is 25.1 Å². The van der Waals surface area contributed by atoms with Gasteiger partial charge in [-0.2, -0.15) is 0 Å². The molecular formula is C18H23NO5. The van der Waals surface area contributed by atoms with Crippen LogP contribution in [0, 0.1) is 6.92 Å². The molecule has 1 saturated heterocycles. The van der Waals surface area contributed by atoms with Crippen LogP contribution in [0.2, 0.25) is 0 Å². The Morgan fingerprint density at radius 3 is 2.62 bits per heavy atom. The number of carbonyl (C=O) groups is 3. The maximum absolute atomic E-state index is 11.9. The summed E-state index contributed by atoms with van der Waals surface area (Å²) in [4.78, 5) is 35.2. The van der Waals surface area contributed by atoms with Crippen LogP contribution in [0.4, 0.5) is 0 Å². The molecule has 6 heteroatoms. The van der Waals surface area contributed by atoms with Gasteiger partial charge in [0.2, 0.25) is 0 Å². The predicted octanol–water partition coefficient (Wildman–Crippen LogP) is 1.80. The van der Waals surface area contributed by atoms with Crippen molar-refractivity contribution in [2.45, 2.75) is 38.7 Å². The van der Waals surface area contributed by atoms with Crippen LogP contribution in [0.5, 0.6) is 0 Å². The lowest BCUT2D eigenvalue weighted by Gasteiger charge is -2.10. The lowest BCUT2D eigenvalue weighted by Crippen LogP contribution is -2.34. The topological polar surface area (TPSA) is 81.7 Å². The number of nitrogens with one attached hydrogen (secondary N) is 1. The average Bonchev–Trinajstić information content (AvgIpc) is 3.10. The molecule has 1 aliphatic rings. The highest BCUT2D eigenvalue weighted by atomic mass is 16.5. The van der Waals surface area contributed by atoms with Crippen molar-refractivity contribution in [1.29, 1.82) is 0 Å². The first-order chi connectivity index (χ1) is 11.5. The standard InChI is InChI=1S/C18H23NO5/c1-13-4-6-14(7-5-13)16(20)8-9-18(22)24-12-17(21)19-11-15-3-2-10-23-15/h4-7,15H,2-3,8-12H2,1H3,(H,19,21). The summed E-state index contributed by atoms with van der Waals surface area (Å²) in [5.74, 6) is -1.03. The zero-order chi connectivity index (χ0) is 17.4. The van der Waals surface area contributed by atoms with Gasteiger partial charge in [0.1, 0.15) is 0 Å². The van der Waals surface area contributed by atoms with Gasteiger partial charge in [-0.25, -0.2) is 0 Å². The second-order valence-corrected chi connectivity index (χ2v) is 5.89. The maximum atomic E-state index is 11.9. The molecule has 1 aromatic rings. The van der Waals surface area contributed by atoms with Gasteiger partial charge >= 0.3 is 5.97 Å². The van der Waals surface area contributed by atoms with Crippen molar-refractivity contribution in [1.82, 2.24) is 5.32 Å². The lowest BCUT2D eigenvalue weighted by molar-refractivity contribution is -0.148. The number of hydrogen-bond acceptors (Lipinski definition) is 5. The summed E-state index contributed by atoms with van der Waals surface area (Å²) in [6, 6.07) is 7.18. The number of ether oxygens (including phenoxy) is 2. The molecule has 1 atom stereocenters. The number of amides is 1. The number of carbonyl (C=O) groups excluding carboxylic acids is 3. The van der Waals surface area contributed by atoms with Gasteiger partial charge in [0.05, 0.1) is 12.5 Å². The predicted molar refractivity (Wildman–Crippen MR) is 87.7 cm³/mol. The normalized spacial score (nSPS) is 16.6. The Bertz CT molecular complexity index is 576. The minimum Gasteiger partial charge on any atom is -0.456 e. The third kappa shape index (κ3) is 6.12. The van der Waals surface area contributed by atoms with Gasteiger partial charge in [0.15, 0.2) is 12.4 Å². The Labute approximate surface area is 141 Å². The smallest absolute Gasteiger partial charge is 0.306 e. The first kappa shape index (κ1) is 18.1. The van der Waals surface area contributed by atoms with E-state index in [2.05, 4.69) is 5.32 Å². The molecule has 0 spiro atoms. The van der Waals surface area contributed by atoms with Crippen molar-refractivity contribution in [2.75, 3.05) is 19.8 Å². The maximum Gasteiger partial charge on any atom is 0.306 e. The molecular weight excluding hydrogens is 310 g/mol. The minimum absolute atomic E-state index is 0.0360. The van der Waals surface area contributed by atoms with Gasteiger partial charge < -0.3 is 14.8 Å². The summed E-state index contributed by atoms with van der Waals surface area (Å²) in [5, 5.41) is 2.67. The number of esters is 1. The number of rotatable bonds is 8.